The van der Waals surface area contributed by atoms with Gasteiger partial charge in [0.15, 0.2) is 0 Å². The minimum Gasteiger partial charge on any atom is -0.339 e. The van der Waals surface area contributed by atoms with Crippen LogP contribution in [0.15, 0.2) is 24.3 Å². The molecule has 130 valence electrons. The minimum atomic E-state index is 0.112. The van der Waals surface area contributed by atoms with E-state index in [9.17, 15) is 4.79 Å². The second kappa shape index (κ2) is 9.07. The fourth-order valence-corrected chi connectivity index (χ4v) is 2.89. The Kier molecular flexibility index (Phi) is 7.77. The molecular formula is C20H34N2O. The first kappa shape index (κ1) is 19.7. The van der Waals surface area contributed by atoms with Crippen LogP contribution in [-0.4, -0.2) is 41.4 Å². The lowest BCUT2D eigenvalue weighted by atomic mass is 10.0. The van der Waals surface area contributed by atoms with Gasteiger partial charge in [0, 0.05) is 31.2 Å². The summed E-state index contributed by atoms with van der Waals surface area (Å²) in [5.41, 5.74) is 2.04. The minimum absolute atomic E-state index is 0.112. The average molecular weight is 319 g/mol. The summed E-state index contributed by atoms with van der Waals surface area (Å²) in [5.74, 6) is 0.708. The topological polar surface area (TPSA) is 23.6 Å². The highest BCUT2D eigenvalue weighted by Gasteiger charge is 2.18. The van der Waals surface area contributed by atoms with Gasteiger partial charge in [-0.05, 0) is 57.4 Å². The van der Waals surface area contributed by atoms with E-state index in [1.807, 2.05) is 24.1 Å². The number of nitrogens with zero attached hydrogens (tertiary/aromatic N) is 2. The first-order valence-electron chi connectivity index (χ1n) is 8.86. The Hall–Kier alpha value is -1.35. The number of benzene rings is 1. The Bertz CT molecular complexity index is 479. The van der Waals surface area contributed by atoms with E-state index in [0.29, 0.717) is 12.0 Å². The SMILES string of the molecule is CCN(Cc1ccc(C(=O)N(C)C(C)CC(C)C)cc1)C(C)C. The Labute approximate surface area is 142 Å². The molecule has 1 aromatic rings. The maximum atomic E-state index is 12.6. The molecule has 23 heavy (non-hydrogen) atoms. The van der Waals surface area contributed by atoms with Crippen molar-refractivity contribution in [2.75, 3.05) is 13.6 Å². The lowest BCUT2D eigenvalue weighted by molar-refractivity contribution is 0.0728. The van der Waals surface area contributed by atoms with Gasteiger partial charge < -0.3 is 4.90 Å². The highest BCUT2D eigenvalue weighted by Crippen LogP contribution is 2.15. The van der Waals surface area contributed by atoms with Crippen LogP contribution in [0.3, 0.4) is 0 Å². The van der Waals surface area contributed by atoms with Crippen LogP contribution in [0, 0.1) is 5.92 Å². The Balaban J connectivity index is 2.73. The van der Waals surface area contributed by atoms with Crippen LogP contribution in [0.25, 0.3) is 0 Å². The molecule has 0 bridgehead atoms. The molecule has 1 amide bonds. The van der Waals surface area contributed by atoms with Crippen molar-refractivity contribution in [3.05, 3.63) is 35.4 Å². The molecule has 0 aliphatic heterocycles. The van der Waals surface area contributed by atoms with Crippen molar-refractivity contribution in [1.29, 1.82) is 0 Å². The third-order valence-corrected chi connectivity index (χ3v) is 4.52. The van der Waals surface area contributed by atoms with Gasteiger partial charge in [0.1, 0.15) is 0 Å². The summed E-state index contributed by atoms with van der Waals surface area (Å²) in [7, 11) is 1.90. The Morgan fingerprint density at radius 3 is 2.04 bits per heavy atom. The van der Waals surface area contributed by atoms with Gasteiger partial charge in [0.05, 0.1) is 0 Å². The summed E-state index contributed by atoms with van der Waals surface area (Å²) in [6, 6.07) is 8.89. The molecule has 0 aliphatic rings. The van der Waals surface area contributed by atoms with Gasteiger partial charge in [-0.15, -0.1) is 0 Å². The summed E-state index contributed by atoms with van der Waals surface area (Å²) in [6.07, 6.45) is 1.03. The van der Waals surface area contributed by atoms with E-state index in [4.69, 9.17) is 0 Å². The molecule has 0 heterocycles. The largest absolute Gasteiger partial charge is 0.339 e. The van der Waals surface area contributed by atoms with Crippen LogP contribution in [-0.2, 0) is 6.54 Å². The molecule has 0 aliphatic carbocycles. The molecule has 0 fully saturated rings. The number of carbonyl (C=O) groups excluding carboxylic acids is 1. The first-order chi connectivity index (χ1) is 10.8. The summed E-state index contributed by atoms with van der Waals surface area (Å²) in [5, 5.41) is 0. The molecule has 0 spiro atoms. The van der Waals surface area contributed by atoms with Crippen molar-refractivity contribution in [2.24, 2.45) is 5.92 Å². The maximum absolute atomic E-state index is 12.6. The van der Waals surface area contributed by atoms with Crippen molar-refractivity contribution >= 4 is 5.91 Å². The predicted octanol–water partition coefficient (Wildman–Crippen LogP) is 4.42. The number of carbonyl (C=O) groups is 1. The molecule has 1 aromatic carbocycles. The smallest absolute Gasteiger partial charge is 0.253 e. The first-order valence-corrected chi connectivity index (χ1v) is 8.86. The maximum Gasteiger partial charge on any atom is 0.253 e. The third-order valence-electron chi connectivity index (χ3n) is 4.52. The quantitative estimate of drug-likeness (QED) is 0.708. The fourth-order valence-electron chi connectivity index (χ4n) is 2.89. The van der Waals surface area contributed by atoms with Crippen molar-refractivity contribution in [3.8, 4) is 0 Å². The molecule has 0 aromatic heterocycles. The van der Waals surface area contributed by atoms with E-state index in [0.717, 1.165) is 25.1 Å². The van der Waals surface area contributed by atoms with E-state index in [1.54, 1.807) is 0 Å². The van der Waals surface area contributed by atoms with Gasteiger partial charge in [0.25, 0.3) is 5.91 Å². The lowest BCUT2D eigenvalue weighted by Crippen LogP contribution is -2.35. The summed E-state index contributed by atoms with van der Waals surface area (Å²) >= 11 is 0. The Morgan fingerprint density at radius 1 is 1.04 bits per heavy atom. The number of amides is 1. The van der Waals surface area contributed by atoms with Crippen LogP contribution < -0.4 is 0 Å². The van der Waals surface area contributed by atoms with Gasteiger partial charge in [-0.1, -0.05) is 32.9 Å². The zero-order valence-electron chi connectivity index (χ0n) is 16.0. The van der Waals surface area contributed by atoms with Crippen molar-refractivity contribution in [3.63, 3.8) is 0 Å². The van der Waals surface area contributed by atoms with Crippen LogP contribution in [0.5, 0.6) is 0 Å². The monoisotopic (exact) mass is 318 g/mol. The second-order valence-corrected chi connectivity index (χ2v) is 7.25. The van der Waals surface area contributed by atoms with Crippen LogP contribution in [0.4, 0.5) is 0 Å². The van der Waals surface area contributed by atoms with E-state index < -0.39 is 0 Å². The number of hydrogen-bond acceptors (Lipinski definition) is 2. The average Bonchev–Trinajstić information content (AvgIpc) is 2.50. The molecule has 3 heteroatoms. The van der Waals surface area contributed by atoms with E-state index in [-0.39, 0.29) is 11.9 Å². The van der Waals surface area contributed by atoms with Crippen LogP contribution in [0.1, 0.15) is 63.9 Å². The van der Waals surface area contributed by atoms with Crippen LogP contribution >= 0.6 is 0 Å². The molecule has 1 unspecified atom stereocenters. The fraction of sp³-hybridized carbons (Fsp3) is 0.650. The summed E-state index contributed by atoms with van der Waals surface area (Å²) < 4.78 is 0. The predicted molar refractivity (Wildman–Crippen MR) is 98.7 cm³/mol. The number of hydrogen-bond donors (Lipinski definition) is 0. The zero-order chi connectivity index (χ0) is 17.6. The molecular weight excluding hydrogens is 284 g/mol. The lowest BCUT2D eigenvalue weighted by Gasteiger charge is -2.27. The van der Waals surface area contributed by atoms with E-state index in [2.05, 4.69) is 58.6 Å². The molecule has 1 rings (SSSR count). The zero-order valence-corrected chi connectivity index (χ0v) is 16.0. The van der Waals surface area contributed by atoms with Gasteiger partial charge in [-0.25, -0.2) is 0 Å². The number of rotatable bonds is 8. The van der Waals surface area contributed by atoms with Gasteiger partial charge in [0.2, 0.25) is 0 Å². The van der Waals surface area contributed by atoms with Gasteiger partial charge >= 0.3 is 0 Å². The normalized spacial score (nSPS) is 13.0. The second-order valence-electron chi connectivity index (χ2n) is 7.25. The summed E-state index contributed by atoms with van der Waals surface area (Å²) in [4.78, 5) is 16.9. The molecule has 0 N–H and O–H groups in total. The van der Waals surface area contributed by atoms with Crippen molar-refractivity contribution in [2.45, 2.75) is 66.6 Å². The molecule has 3 nitrogen and oxygen atoms in total. The molecule has 0 saturated heterocycles. The van der Waals surface area contributed by atoms with Gasteiger partial charge in [-0.3, -0.25) is 9.69 Å². The van der Waals surface area contributed by atoms with E-state index >= 15 is 0 Å². The van der Waals surface area contributed by atoms with Crippen LogP contribution in [0.2, 0.25) is 0 Å². The molecule has 1 atom stereocenters. The highest BCUT2D eigenvalue weighted by molar-refractivity contribution is 5.94. The standard InChI is InChI=1S/C20H34N2O/c1-8-22(16(4)5)14-18-9-11-19(12-10-18)20(23)21(7)17(6)13-15(2)3/h9-12,15-17H,8,13-14H2,1-7H3. The molecule has 0 radical (unpaired) electrons. The summed E-state index contributed by atoms with van der Waals surface area (Å²) in [6.45, 7) is 15.1. The van der Waals surface area contributed by atoms with Gasteiger partial charge in [-0.2, -0.15) is 0 Å². The Morgan fingerprint density at radius 2 is 1.61 bits per heavy atom. The highest BCUT2D eigenvalue weighted by atomic mass is 16.2. The third kappa shape index (κ3) is 5.98. The molecule has 0 saturated carbocycles. The van der Waals surface area contributed by atoms with Crippen molar-refractivity contribution < 1.29 is 4.79 Å². The van der Waals surface area contributed by atoms with E-state index in [1.165, 1.54) is 5.56 Å². The van der Waals surface area contributed by atoms with Crippen molar-refractivity contribution in [1.82, 2.24) is 9.80 Å².